The monoisotopic (exact) mass is 266 g/mol. The molecule has 0 radical (unpaired) electrons. The molecule has 2 aromatic heterocycles. The second-order valence-electron chi connectivity index (χ2n) is 2.92. The number of aromatic nitrogens is 3. The van der Waals surface area contributed by atoms with Gasteiger partial charge >= 0.3 is 6.01 Å². The maximum Gasteiger partial charge on any atom is 0.321 e. The van der Waals surface area contributed by atoms with Crippen LogP contribution in [0.4, 0.5) is 0 Å². The molecular weight excluding hydrogens is 260 g/mol. The quantitative estimate of drug-likeness (QED) is 0.854. The number of halogens is 1. The third-order valence-electron chi connectivity index (χ3n) is 1.80. The molecule has 0 unspecified atom stereocenters. The van der Waals surface area contributed by atoms with E-state index in [4.69, 9.17) is 21.6 Å². The van der Waals surface area contributed by atoms with Gasteiger partial charge in [0.2, 0.25) is 5.28 Å². The fraction of sp³-hybridized carbons (Fsp3) is 0.200. The molecule has 2 rings (SSSR count). The fourth-order valence-corrected chi connectivity index (χ4v) is 2.04. The van der Waals surface area contributed by atoms with Crippen molar-refractivity contribution in [1.82, 2.24) is 15.0 Å². The van der Waals surface area contributed by atoms with E-state index in [0.29, 0.717) is 17.3 Å². The molecule has 0 aliphatic heterocycles. The van der Waals surface area contributed by atoms with Crippen molar-refractivity contribution in [2.75, 3.05) is 6.61 Å². The van der Waals surface area contributed by atoms with Gasteiger partial charge in [-0.15, -0.1) is 11.3 Å². The molecule has 0 N–H and O–H groups in total. The molecular formula is C10H7ClN4OS. The van der Waals surface area contributed by atoms with Gasteiger partial charge in [-0.2, -0.15) is 20.2 Å². The highest BCUT2D eigenvalue weighted by Gasteiger charge is 2.10. The van der Waals surface area contributed by atoms with Gasteiger partial charge in [0.15, 0.2) is 5.82 Å². The Kier molecular flexibility index (Phi) is 3.52. The molecule has 0 saturated carbocycles. The zero-order chi connectivity index (χ0) is 12.3. The van der Waals surface area contributed by atoms with Gasteiger partial charge in [0.1, 0.15) is 10.9 Å². The molecule has 0 fully saturated rings. The van der Waals surface area contributed by atoms with Crippen molar-refractivity contribution in [2.24, 2.45) is 0 Å². The van der Waals surface area contributed by atoms with Gasteiger partial charge in [-0.25, -0.2) is 0 Å². The first kappa shape index (κ1) is 11.8. The summed E-state index contributed by atoms with van der Waals surface area (Å²) in [4.78, 5) is 13.3. The van der Waals surface area contributed by atoms with E-state index in [2.05, 4.69) is 21.0 Å². The fourth-order valence-electron chi connectivity index (χ4n) is 1.15. The largest absolute Gasteiger partial charge is 0.464 e. The highest BCUT2D eigenvalue weighted by Crippen LogP contribution is 2.26. The molecule has 2 aromatic rings. The Bertz CT molecular complexity index is 578. The summed E-state index contributed by atoms with van der Waals surface area (Å²) in [6.07, 6.45) is 0. The standard InChI is InChI=1S/C10H7ClN4OS/c1-2-16-10-14-8(13-9(11)15-10)7-4-3-6(5-12)17-7/h3-4H,2H2,1H3. The Balaban J connectivity index is 2.41. The molecule has 0 aliphatic rings. The summed E-state index contributed by atoms with van der Waals surface area (Å²) in [5.41, 5.74) is 0. The molecule has 0 spiro atoms. The summed E-state index contributed by atoms with van der Waals surface area (Å²) in [7, 11) is 0. The Morgan fingerprint density at radius 1 is 1.41 bits per heavy atom. The van der Waals surface area contributed by atoms with Gasteiger partial charge in [0, 0.05) is 0 Å². The maximum absolute atomic E-state index is 8.75. The Hall–Kier alpha value is -1.71. The van der Waals surface area contributed by atoms with Crippen LogP contribution < -0.4 is 4.74 Å². The topological polar surface area (TPSA) is 71.7 Å². The van der Waals surface area contributed by atoms with Crippen molar-refractivity contribution < 1.29 is 4.74 Å². The minimum atomic E-state index is 0.0744. The summed E-state index contributed by atoms with van der Waals surface area (Å²) in [6, 6.07) is 5.72. The van der Waals surface area contributed by atoms with Crippen LogP contribution in [0.5, 0.6) is 6.01 Å². The molecule has 2 heterocycles. The van der Waals surface area contributed by atoms with Crippen molar-refractivity contribution in [3.05, 3.63) is 22.3 Å². The Morgan fingerprint density at radius 3 is 2.88 bits per heavy atom. The Morgan fingerprint density at radius 2 is 2.24 bits per heavy atom. The highest BCUT2D eigenvalue weighted by molar-refractivity contribution is 7.15. The zero-order valence-corrected chi connectivity index (χ0v) is 10.4. The lowest BCUT2D eigenvalue weighted by atomic mass is 10.4. The van der Waals surface area contributed by atoms with E-state index in [1.54, 1.807) is 12.1 Å². The van der Waals surface area contributed by atoms with Crippen LogP contribution in [0.15, 0.2) is 12.1 Å². The van der Waals surface area contributed by atoms with Gasteiger partial charge in [-0.05, 0) is 30.7 Å². The van der Waals surface area contributed by atoms with Crippen LogP contribution in [-0.2, 0) is 0 Å². The molecule has 86 valence electrons. The first-order valence-electron chi connectivity index (χ1n) is 4.77. The van der Waals surface area contributed by atoms with E-state index in [1.807, 2.05) is 6.92 Å². The van der Waals surface area contributed by atoms with Crippen molar-refractivity contribution >= 4 is 22.9 Å². The van der Waals surface area contributed by atoms with Crippen LogP contribution in [0.3, 0.4) is 0 Å². The lowest BCUT2D eigenvalue weighted by Gasteiger charge is -2.02. The van der Waals surface area contributed by atoms with E-state index in [-0.39, 0.29) is 11.3 Å². The van der Waals surface area contributed by atoms with E-state index in [0.717, 1.165) is 4.88 Å². The number of hydrogen-bond donors (Lipinski definition) is 0. The van der Waals surface area contributed by atoms with Gasteiger partial charge in [-0.3, -0.25) is 0 Å². The molecule has 0 aliphatic carbocycles. The van der Waals surface area contributed by atoms with Crippen LogP contribution in [-0.4, -0.2) is 21.6 Å². The number of hydrogen-bond acceptors (Lipinski definition) is 6. The summed E-state index contributed by atoms with van der Waals surface area (Å²) < 4.78 is 5.17. The maximum atomic E-state index is 8.75. The lowest BCUT2D eigenvalue weighted by molar-refractivity contribution is 0.312. The van der Waals surface area contributed by atoms with Crippen molar-refractivity contribution in [3.63, 3.8) is 0 Å². The van der Waals surface area contributed by atoms with Gasteiger partial charge in [0.25, 0.3) is 0 Å². The second kappa shape index (κ2) is 5.08. The zero-order valence-electron chi connectivity index (χ0n) is 8.85. The van der Waals surface area contributed by atoms with E-state index < -0.39 is 0 Å². The SMILES string of the molecule is CCOc1nc(Cl)nc(-c2ccc(C#N)s2)n1. The van der Waals surface area contributed by atoms with E-state index >= 15 is 0 Å². The number of rotatable bonds is 3. The molecule has 0 saturated heterocycles. The number of nitrogens with zero attached hydrogens (tertiary/aromatic N) is 4. The highest BCUT2D eigenvalue weighted by atomic mass is 35.5. The lowest BCUT2D eigenvalue weighted by Crippen LogP contribution is -2.00. The minimum absolute atomic E-state index is 0.0744. The van der Waals surface area contributed by atoms with E-state index in [1.165, 1.54) is 11.3 Å². The first-order valence-corrected chi connectivity index (χ1v) is 5.97. The summed E-state index contributed by atoms with van der Waals surface area (Å²) in [6.45, 7) is 2.28. The summed E-state index contributed by atoms with van der Waals surface area (Å²) in [5.74, 6) is 0.417. The van der Waals surface area contributed by atoms with Crippen molar-refractivity contribution in [2.45, 2.75) is 6.92 Å². The summed E-state index contributed by atoms with van der Waals surface area (Å²) in [5, 5.41) is 8.82. The molecule has 0 bridgehead atoms. The molecule has 0 amide bonds. The first-order chi connectivity index (χ1) is 8.22. The van der Waals surface area contributed by atoms with Crippen LogP contribution >= 0.6 is 22.9 Å². The second-order valence-corrected chi connectivity index (χ2v) is 4.34. The van der Waals surface area contributed by atoms with Crippen molar-refractivity contribution in [3.8, 4) is 22.8 Å². The average Bonchev–Trinajstić information content (AvgIpc) is 2.77. The van der Waals surface area contributed by atoms with Gasteiger partial charge in [0.05, 0.1) is 11.5 Å². The number of nitriles is 1. The van der Waals surface area contributed by atoms with Gasteiger partial charge in [-0.1, -0.05) is 0 Å². The average molecular weight is 267 g/mol. The van der Waals surface area contributed by atoms with Crippen LogP contribution in [0.2, 0.25) is 5.28 Å². The minimum Gasteiger partial charge on any atom is -0.464 e. The molecule has 7 heteroatoms. The van der Waals surface area contributed by atoms with Crippen molar-refractivity contribution in [1.29, 1.82) is 5.26 Å². The predicted molar refractivity (Wildman–Crippen MR) is 64.0 cm³/mol. The van der Waals surface area contributed by atoms with Crippen LogP contribution in [0.1, 0.15) is 11.8 Å². The smallest absolute Gasteiger partial charge is 0.321 e. The van der Waals surface area contributed by atoms with Crippen LogP contribution in [0.25, 0.3) is 10.7 Å². The normalized spacial score (nSPS) is 9.94. The molecule has 17 heavy (non-hydrogen) atoms. The summed E-state index contributed by atoms with van der Waals surface area (Å²) >= 11 is 7.07. The van der Waals surface area contributed by atoms with Crippen LogP contribution in [0, 0.1) is 11.3 Å². The third-order valence-corrected chi connectivity index (χ3v) is 2.95. The number of ether oxygens (including phenoxy) is 1. The Labute approximate surface area is 107 Å². The van der Waals surface area contributed by atoms with E-state index in [9.17, 15) is 0 Å². The molecule has 0 aromatic carbocycles. The molecule has 0 atom stereocenters. The van der Waals surface area contributed by atoms with Gasteiger partial charge < -0.3 is 4.74 Å². The third kappa shape index (κ3) is 2.70. The predicted octanol–water partition coefficient (Wildman–Crippen LogP) is 2.52. The molecule has 5 nitrogen and oxygen atoms in total. The number of thiophene rings is 1.